The molecule has 0 bridgehead atoms. The van der Waals surface area contributed by atoms with Crippen LogP contribution in [-0.4, -0.2) is 16.2 Å². The summed E-state index contributed by atoms with van der Waals surface area (Å²) in [5, 5.41) is 5.65. The predicted octanol–water partition coefficient (Wildman–Crippen LogP) is 2.47. The molecule has 0 fully saturated rings. The Morgan fingerprint density at radius 3 is 3.21 bits per heavy atom. The fourth-order valence-corrected chi connectivity index (χ4v) is 1.85. The molecule has 0 aliphatic heterocycles. The Kier molecular flexibility index (Phi) is 2.65. The van der Waals surface area contributed by atoms with Crippen molar-refractivity contribution in [3.05, 3.63) is 23.6 Å². The molecule has 0 unspecified atom stereocenters. The van der Waals surface area contributed by atoms with E-state index in [1.54, 1.807) is 0 Å². The number of hydrogen-bond acceptors (Lipinski definition) is 3. The van der Waals surface area contributed by atoms with Gasteiger partial charge in [0.15, 0.2) is 0 Å². The van der Waals surface area contributed by atoms with Crippen LogP contribution in [0.5, 0.6) is 0 Å². The molecule has 0 aliphatic carbocycles. The molecule has 1 N–H and O–H groups in total. The third kappa shape index (κ3) is 1.86. The minimum atomic E-state index is -0.200. The van der Waals surface area contributed by atoms with Gasteiger partial charge in [0.05, 0.1) is 5.52 Å². The minimum Gasteiger partial charge on any atom is -0.325 e. The second-order valence-electron chi connectivity index (χ2n) is 2.77. The zero-order valence-corrected chi connectivity index (χ0v) is 8.73. The van der Waals surface area contributed by atoms with E-state index >= 15 is 0 Å². The highest BCUT2D eigenvalue weighted by atomic mass is 35.5. The number of rotatable bonds is 2. The normalized spacial score (nSPS) is 10.4. The highest BCUT2D eigenvalue weighted by Crippen LogP contribution is 2.19. The number of alkyl halides is 1. The van der Waals surface area contributed by atoms with Crippen LogP contribution in [0.4, 0.5) is 5.69 Å². The predicted molar refractivity (Wildman–Crippen MR) is 59.0 cm³/mol. The number of anilines is 1. The standard InChI is InChI=1S/C9H7ClN2OS/c10-4-9(13)11-7-1-2-8-6(3-7)5-14-12-8/h1-3,5H,4H2,(H,11,13). The van der Waals surface area contributed by atoms with E-state index in [1.165, 1.54) is 11.5 Å². The van der Waals surface area contributed by atoms with Gasteiger partial charge in [-0.2, -0.15) is 4.37 Å². The van der Waals surface area contributed by atoms with E-state index < -0.39 is 0 Å². The van der Waals surface area contributed by atoms with Crippen LogP contribution < -0.4 is 5.32 Å². The van der Waals surface area contributed by atoms with E-state index in [2.05, 4.69) is 9.69 Å². The van der Waals surface area contributed by atoms with Gasteiger partial charge in [0.25, 0.3) is 0 Å². The van der Waals surface area contributed by atoms with Crippen molar-refractivity contribution < 1.29 is 4.79 Å². The Labute approximate surface area is 89.9 Å². The Hall–Kier alpha value is -1.13. The van der Waals surface area contributed by atoms with Crippen molar-refractivity contribution >= 4 is 45.6 Å². The van der Waals surface area contributed by atoms with Crippen LogP contribution in [0.1, 0.15) is 0 Å². The molecular weight excluding hydrogens is 220 g/mol. The summed E-state index contributed by atoms with van der Waals surface area (Å²) in [5.41, 5.74) is 1.70. The molecule has 0 radical (unpaired) electrons. The van der Waals surface area contributed by atoms with Crippen molar-refractivity contribution in [2.24, 2.45) is 0 Å². The van der Waals surface area contributed by atoms with E-state index in [4.69, 9.17) is 11.6 Å². The quantitative estimate of drug-likeness (QED) is 0.800. The fourth-order valence-electron chi connectivity index (χ4n) is 1.14. The zero-order chi connectivity index (χ0) is 9.97. The number of amides is 1. The highest BCUT2D eigenvalue weighted by Gasteiger charge is 2.01. The molecule has 0 aliphatic rings. The van der Waals surface area contributed by atoms with Gasteiger partial charge in [0.2, 0.25) is 5.91 Å². The van der Waals surface area contributed by atoms with Crippen molar-refractivity contribution in [3.8, 4) is 0 Å². The second-order valence-corrected chi connectivity index (χ2v) is 3.67. The van der Waals surface area contributed by atoms with Crippen molar-refractivity contribution in [2.75, 3.05) is 11.2 Å². The van der Waals surface area contributed by atoms with E-state index in [0.29, 0.717) is 0 Å². The topological polar surface area (TPSA) is 42.0 Å². The Balaban J connectivity index is 2.30. The summed E-state index contributed by atoms with van der Waals surface area (Å²) in [5.74, 6) is -0.228. The smallest absolute Gasteiger partial charge is 0.239 e. The number of nitrogens with zero attached hydrogens (tertiary/aromatic N) is 1. The Morgan fingerprint density at radius 2 is 2.43 bits per heavy atom. The fraction of sp³-hybridized carbons (Fsp3) is 0.111. The lowest BCUT2D eigenvalue weighted by atomic mass is 10.2. The molecule has 72 valence electrons. The number of benzene rings is 1. The first kappa shape index (κ1) is 9.43. The van der Waals surface area contributed by atoms with Crippen LogP contribution in [0.2, 0.25) is 0 Å². The maximum absolute atomic E-state index is 11.0. The maximum atomic E-state index is 11.0. The van der Waals surface area contributed by atoms with Gasteiger partial charge in [0, 0.05) is 16.5 Å². The van der Waals surface area contributed by atoms with Gasteiger partial charge in [0.1, 0.15) is 5.88 Å². The number of fused-ring (bicyclic) bond motifs is 1. The maximum Gasteiger partial charge on any atom is 0.239 e. The van der Waals surface area contributed by atoms with Crippen LogP contribution in [-0.2, 0) is 4.79 Å². The lowest BCUT2D eigenvalue weighted by molar-refractivity contribution is -0.113. The molecule has 14 heavy (non-hydrogen) atoms. The zero-order valence-electron chi connectivity index (χ0n) is 7.16. The first-order valence-corrected chi connectivity index (χ1v) is 5.36. The van der Waals surface area contributed by atoms with Crippen molar-refractivity contribution in [2.45, 2.75) is 0 Å². The van der Waals surface area contributed by atoms with Gasteiger partial charge in [-0.25, -0.2) is 0 Å². The molecule has 2 aromatic rings. The molecule has 2 rings (SSSR count). The molecule has 0 saturated heterocycles. The van der Waals surface area contributed by atoms with Crippen LogP contribution >= 0.6 is 23.1 Å². The van der Waals surface area contributed by atoms with Crippen LogP contribution in [0.3, 0.4) is 0 Å². The van der Waals surface area contributed by atoms with Crippen LogP contribution in [0, 0.1) is 0 Å². The monoisotopic (exact) mass is 226 g/mol. The summed E-state index contributed by atoms with van der Waals surface area (Å²) in [6.07, 6.45) is 0. The average molecular weight is 227 g/mol. The Morgan fingerprint density at radius 1 is 1.57 bits per heavy atom. The van der Waals surface area contributed by atoms with Gasteiger partial charge >= 0.3 is 0 Å². The summed E-state index contributed by atoms with van der Waals surface area (Å²) >= 11 is 6.77. The lowest BCUT2D eigenvalue weighted by Crippen LogP contribution is -2.12. The van der Waals surface area contributed by atoms with Crippen LogP contribution in [0.15, 0.2) is 23.6 Å². The minimum absolute atomic E-state index is 0.0279. The van der Waals surface area contributed by atoms with Crippen LogP contribution in [0.25, 0.3) is 10.9 Å². The molecular formula is C9H7ClN2OS. The number of carbonyl (C=O) groups is 1. The number of halogens is 1. The summed E-state index contributed by atoms with van der Waals surface area (Å²) in [7, 11) is 0. The summed E-state index contributed by atoms with van der Waals surface area (Å²) in [6, 6.07) is 5.56. The van der Waals surface area contributed by atoms with Gasteiger partial charge in [-0.1, -0.05) is 0 Å². The van der Waals surface area contributed by atoms with E-state index in [1.807, 2.05) is 23.6 Å². The number of hydrogen-bond donors (Lipinski definition) is 1. The van der Waals surface area contributed by atoms with Gasteiger partial charge < -0.3 is 5.32 Å². The number of nitrogens with one attached hydrogen (secondary N) is 1. The third-order valence-corrected chi connectivity index (χ3v) is 2.67. The van der Waals surface area contributed by atoms with Crippen molar-refractivity contribution in [1.82, 2.24) is 4.37 Å². The highest BCUT2D eigenvalue weighted by molar-refractivity contribution is 7.04. The summed E-state index contributed by atoms with van der Waals surface area (Å²) < 4.78 is 4.16. The van der Waals surface area contributed by atoms with Gasteiger partial charge in [-0.05, 0) is 29.7 Å². The van der Waals surface area contributed by atoms with Crippen molar-refractivity contribution in [3.63, 3.8) is 0 Å². The molecule has 0 saturated carbocycles. The van der Waals surface area contributed by atoms with E-state index in [9.17, 15) is 4.79 Å². The number of carbonyl (C=O) groups excluding carboxylic acids is 1. The molecule has 1 amide bonds. The van der Waals surface area contributed by atoms with E-state index in [0.717, 1.165) is 16.6 Å². The van der Waals surface area contributed by atoms with E-state index in [-0.39, 0.29) is 11.8 Å². The SMILES string of the molecule is O=C(CCl)Nc1ccc2nscc2c1. The Bertz CT molecular complexity index is 469. The first-order valence-electron chi connectivity index (χ1n) is 3.99. The molecule has 0 spiro atoms. The second kappa shape index (κ2) is 3.94. The third-order valence-electron chi connectivity index (χ3n) is 1.76. The molecule has 1 heterocycles. The summed E-state index contributed by atoms with van der Waals surface area (Å²) in [4.78, 5) is 11.0. The van der Waals surface area contributed by atoms with Crippen molar-refractivity contribution in [1.29, 1.82) is 0 Å². The largest absolute Gasteiger partial charge is 0.325 e. The molecule has 1 aromatic heterocycles. The average Bonchev–Trinajstić information content (AvgIpc) is 2.64. The van der Waals surface area contributed by atoms with Gasteiger partial charge in [-0.3, -0.25) is 4.79 Å². The first-order chi connectivity index (χ1) is 6.79. The van der Waals surface area contributed by atoms with Gasteiger partial charge in [-0.15, -0.1) is 11.6 Å². The molecule has 1 aromatic carbocycles. The lowest BCUT2D eigenvalue weighted by Gasteiger charge is -2.01. The molecule has 5 heteroatoms. The molecule has 0 atom stereocenters. The molecule has 3 nitrogen and oxygen atoms in total. The summed E-state index contributed by atoms with van der Waals surface area (Å²) in [6.45, 7) is 0. The number of aromatic nitrogens is 1.